The van der Waals surface area contributed by atoms with Crippen molar-refractivity contribution in [3.05, 3.63) is 34.9 Å². The first kappa shape index (κ1) is 15.7. The van der Waals surface area contributed by atoms with Crippen LogP contribution < -0.4 is 0 Å². The maximum absolute atomic E-state index is 11.8. The fraction of sp³-hybridized carbons (Fsp3) is 0.533. The molecule has 0 aromatic heterocycles. The number of rotatable bonds is 6. The minimum atomic E-state index is -0.470. The highest BCUT2D eigenvalue weighted by Gasteiger charge is 2.17. The van der Waals surface area contributed by atoms with Gasteiger partial charge in [-0.3, -0.25) is 4.89 Å². The molecule has 0 atom stereocenters. The van der Waals surface area contributed by atoms with Crippen LogP contribution in [-0.4, -0.2) is 25.3 Å². The van der Waals surface area contributed by atoms with E-state index in [4.69, 9.17) is 14.5 Å². The van der Waals surface area contributed by atoms with Crippen LogP contribution in [0.25, 0.3) is 0 Å². The molecular weight excluding hydrogens is 244 g/mol. The van der Waals surface area contributed by atoms with Gasteiger partial charge in [-0.2, -0.15) is 4.89 Å². The van der Waals surface area contributed by atoms with Crippen LogP contribution in [0.2, 0.25) is 0 Å². The molecule has 0 heterocycles. The zero-order chi connectivity index (χ0) is 14.5. The molecule has 4 heteroatoms. The molecule has 19 heavy (non-hydrogen) atoms. The Balaban J connectivity index is 2.43. The summed E-state index contributed by atoms with van der Waals surface area (Å²) in [5, 5.41) is 0. The summed E-state index contributed by atoms with van der Waals surface area (Å²) in [6, 6.07) is 5.55. The summed E-state index contributed by atoms with van der Waals surface area (Å²) in [4.78, 5) is 21.5. The molecule has 1 aromatic carbocycles. The van der Waals surface area contributed by atoms with Gasteiger partial charge >= 0.3 is 5.97 Å². The summed E-state index contributed by atoms with van der Waals surface area (Å²) in [7, 11) is 1.64. The monoisotopic (exact) mass is 266 g/mol. The van der Waals surface area contributed by atoms with Crippen molar-refractivity contribution in [3.63, 3.8) is 0 Å². The Morgan fingerprint density at radius 2 is 1.74 bits per heavy atom. The molecule has 0 amide bonds. The minimum Gasteiger partial charge on any atom is -0.379 e. The first-order valence-corrected chi connectivity index (χ1v) is 6.31. The van der Waals surface area contributed by atoms with E-state index in [1.54, 1.807) is 19.2 Å². The SMILES string of the molecule is COC(C)(C)CCOOC(=O)c1cc(C)cc(C)c1. The van der Waals surface area contributed by atoms with Crippen molar-refractivity contribution in [3.8, 4) is 0 Å². The van der Waals surface area contributed by atoms with E-state index < -0.39 is 5.97 Å². The number of aryl methyl sites for hydroxylation is 2. The third-order valence-electron chi connectivity index (χ3n) is 2.93. The number of benzene rings is 1. The fourth-order valence-electron chi connectivity index (χ4n) is 1.63. The number of carbonyl (C=O) groups excluding carboxylic acids is 1. The van der Waals surface area contributed by atoms with Crippen LogP contribution in [0, 0.1) is 13.8 Å². The average Bonchev–Trinajstić information content (AvgIpc) is 2.33. The third kappa shape index (κ3) is 5.41. The van der Waals surface area contributed by atoms with Crippen LogP contribution in [-0.2, 0) is 14.5 Å². The Morgan fingerprint density at radius 3 is 2.26 bits per heavy atom. The zero-order valence-corrected chi connectivity index (χ0v) is 12.3. The van der Waals surface area contributed by atoms with Gasteiger partial charge in [0.25, 0.3) is 0 Å². The highest BCUT2D eigenvalue weighted by Crippen LogP contribution is 2.13. The second-order valence-electron chi connectivity index (χ2n) is 5.28. The second kappa shape index (κ2) is 6.68. The van der Waals surface area contributed by atoms with Crippen LogP contribution in [0.1, 0.15) is 41.8 Å². The largest absolute Gasteiger partial charge is 0.379 e. The summed E-state index contributed by atoms with van der Waals surface area (Å²) in [6.45, 7) is 8.07. The van der Waals surface area contributed by atoms with Crippen LogP contribution in [0.3, 0.4) is 0 Å². The lowest BCUT2D eigenvalue weighted by molar-refractivity contribution is -0.247. The summed E-state index contributed by atoms with van der Waals surface area (Å²) in [5.41, 5.74) is 2.26. The Hall–Kier alpha value is -1.39. The standard InChI is InChI=1S/C15H22O4/c1-11-8-12(2)10-13(9-11)14(16)19-18-7-6-15(3,4)17-5/h8-10H,6-7H2,1-5H3. The van der Waals surface area contributed by atoms with Gasteiger partial charge in [-0.25, -0.2) is 4.79 Å². The molecule has 0 radical (unpaired) electrons. The first-order valence-electron chi connectivity index (χ1n) is 6.31. The van der Waals surface area contributed by atoms with Crippen molar-refractivity contribution in [1.82, 2.24) is 0 Å². The summed E-state index contributed by atoms with van der Waals surface area (Å²) in [5.74, 6) is -0.470. The zero-order valence-electron chi connectivity index (χ0n) is 12.3. The summed E-state index contributed by atoms with van der Waals surface area (Å²) in [6.07, 6.45) is 0.642. The van der Waals surface area contributed by atoms with Crippen molar-refractivity contribution in [2.24, 2.45) is 0 Å². The quantitative estimate of drug-likeness (QED) is 0.450. The van der Waals surface area contributed by atoms with E-state index in [2.05, 4.69) is 0 Å². The summed E-state index contributed by atoms with van der Waals surface area (Å²) < 4.78 is 5.24. The average molecular weight is 266 g/mol. The molecule has 0 saturated heterocycles. The Bertz CT molecular complexity index is 418. The van der Waals surface area contributed by atoms with E-state index in [1.807, 2.05) is 33.8 Å². The molecular formula is C15H22O4. The Morgan fingerprint density at radius 1 is 1.16 bits per heavy atom. The highest BCUT2D eigenvalue weighted by molar-refractivity contribution is 5.89. The van der Waals surface area contributed by atoms with Gasteiger partial charge in [0.1, 0.15) is 0 Å². The molecule has 0 aliphatic rings. The first-order chi connectivity index (χ1) is 8.84. The second-order valence-corrected chi connectivity index (χ2v) is 5.28. The van der Waals surface area contributed by atoms with Gasteiger partial charge in [-0.1, -0.05) is 17.2 Å². The Kier molecular flexibility index (Phi) is 5.51. The number of hydrogen-bond donors (Lipinski definition) is 0. The van der Waals surface area contributed by atoms with Crippen molar-refractivity contribution in [2.45, 2.75) is 39.7 Å². The van der Waals surface area contributed by atoms with Gasteiger partial charge in [0.05, 0.1) is 17.8 Å². The number of ether oxygens (including phenoxy) is 1. The summed E-state index contributed by atoms with van der Waals surface area (Å²) >= 11 is 0. The van der Waals surface area contributed by atoms with Crippen LogP contribution in [0.5, 0.6) is 0 Å². The molecule has 0 saturated carbocycles. The van der Waals surface area contributed by atoms with E-state index >= 15 is 0 Å². The van der Waals surface area contributed by atoms with Crippen molar-refractivity contribution in [2.75, 3.05) is 13.7 Å². The van der Waals surface area contributed by atoms with Crippen LogP contribution in [0.4, 0.5) is 0 Å². The topological polar surface area (TPSA) is 44.8 Å². The molecule has 1 rings (SSSR count). The number of methoxy groups -OCH3 is 1. The predicted molar refractivity (Wildman–Crippen MR) is 73.0 cm³/mol. The van der Waals surface area contributed by atoms with Gasteiger partial charge in [0, 0.05) is 13.5 Å². The number of hydrogen-bond acceptors (Lipinski definition) is 4. The molecule has 106 valence electrons. The lowest BCUT2D eigenvalue weighted by Gasteiger charge is -2.21. The van der Waals surface area contributed by atoms with Gasteiger partial charge in [-0.05, 0) is 39.8 Å². The van der Waals surface area contributed by atoms with E-state index in [0.717, 1.165) is 11.1 Å². The molecule has 0 N–H and O–H groups in total. The molecule has 4 nitrogen and oxygen atoms in total. The number of carbonyl (C=O) groups is 1. The smallest absolute Gasteiger partial charge is 0.373 e. The van der Waals surface area contributed by atoms with Crippen LogP contribution >= 0.6 is 0 Å². The van der Waals surface area contributed by atoms with Gasteiger partial charge in [0.15, 0.2) is 0 Å². The molecule has 0 aliphatic carbocycles. The third-order valence-corrected chi connectivity index (χ3v) is 2.93. The molecule has 0 unspecified atom stereocenters. The van der Waals surface area contributed by atoms with E-state index in [9.17, 15) is 4.79 Å². The normalized spacial score (nSPS) is 11.4. The molecule has 0 bridgehead atoms. The highest BCUT2D eigenvalue weighted by atomic mass is 17.2. The van der Waals surface area contributed by atoms with Crippen LogP contribution in [0.15, 0.2) is 18.2 Å². The van der Waals surface area contributed by atoms with E-state index in [1.165, 1.54) is 0 Å². The lowest BCUT2D eigenvalue weighted by atomic mass is 10.1. The maximum atomic E-state index is 11.8. The van der Waals surface area contributed by atoms with Gasteiger partial charge in [-0.15, -0.1) is 0 Å². The van der Waals surface area contributed by atoms with Gasteiger partial charge in [0.2, 0.25) is 0 Å². The van der Waals surface area contributed by atoms with Crippen molar-refractivity contribution in [1.29, 1.82) is 0 Å². The predicted octanol–water partition coefficient (Wildman–Crippen LogP) is 3.21. The molecule has 1 aromatic rings. The maximum Gasteiger partial charge on any atom is 0.373 e. The van der Waals surface area contributed by atoms with E-state index in [0.29, 0.717) is 18.6 Å². The van der Waals surface area contributed by atoms with Crippen molar-refractivity contribution >= 4 is 5.97 Å². The molecule has 0 fully saturated rings. The van der Waals surface area contributed by atoms with Gasteiger partial charge < -0.3 is 4.74 Å². The molecule has 0 spiro atoms. The van der Waals surface area contributed by atoms with E-state index in [-0.39, 0.29) is 5.60 Å². The lowest BCUT2D eigenvalue weighted by Crippen LogP contribution is -2.24. The van der Waals surface area contributed by atoms with Crippen molar-refractivity contribution < 1.29 is 19.3 Å². The minimum absolute atomic E-state index is 0.285. The Labute approximate surface area is 114 Å². The molecule has 0 aliphatic heterocycles. The fourth-order valence-corrected chi connectivity index (χ4v) is 1.63.